The topological polar surface area (TPSA) is 81.5 Å². The number of carbonyl (C=O) groups is 1. The van der Waals surface area contributed by atoms with Crippen LogP contribution in [-0.2, 0) is 9.53 Å². The van der Waals surface area contributed by atoms with E-state index in [1.807, 2.05) is 0 Å². The molecule has 6 heteroatoms. The Bertz CT molecular complexity index is 445. The normalized spacial score (nSPS) is 11.9. The van der Waals surface area contributed by atoms with E-state index in [0.717, 1.165) is 5.56 Å². The van der Waals surface area contributed by atoms with E-state index >= 15 is 0 Å². The Labute approximate surface area is 98.7 Å². The molecule has 1 atom stereocenters. The van der Waals surface area contributed by atoms with Crippen LogP contribution < -0.4 is 5.32 Å². The molecule has 0 radical (unpaired) electrons. The SMILES string of the molecule is COC(C)C(=O)Nc1cc([N+](=O)[O-])ccc1C. The maximum absolute atomic E-state index is 11.6. The number of benzene rings is 1. The predicted molar refractivity (Wildman–Crippen MR) is 62.9 cm³/mol. The van der Waals surface area contributed by atoms with Gasteiger partial charge in [-0.15, -0.1) is 0 Å². The van der Waals surface area contributed by atoms with Crippen LogP contribution in [0.5, 0.6) is 0 Å². The molecule has 1 N–H and O–H groups in total. The molecule has 0 saturated heterocycles. The number of nitrogens with one attached hydrogen (secondary N) is 1. The van der Waals surface area contributed by atoms with Crippen LogP contribution in [0.4, 0.5) is 11.4 Å². The third-order valence-corrected chi connectivity index (χ3v) is 2.41. The molecular formula is C11H14N2O4. The van der Waals surface area contributed by atoms with Gasteiger partial charge in [-0.25, -0.2) is 0 Å². The molecule has 1 aromatic rings. The monoisotopic (exact) mass is 238 g/mol. The highest BCUT2D eigenvalue weighted by molar-refractivity contribution is 5.94. The van der Waals surface area contributed by atoms with Gasteiger partial charge in [0.1, 0.15) is 6.10 Å². The summed E-state index contributed by atoms with van der Waals surface area (Å²) in [6, 6.07) is 4.31. The number of amides is 1. The van der Waals surface area contributed by atoms with Crippen LogP contribution in [0.25, 0.3) is 0 Å². The van der Waals surface area contributed by atoms with Crippen molar-refractivity contribution in [1.29, 1.82) is 0 Å². The van der Waals surface area contributed by atoms with Crippen molar-refractivity contribution in [2.24, 2.45) is 0 Å². The number of ether oxygens (including phenoxy) is 1. The molecule has 17 heavy (non-hydrogen) atoms. The van der Waals surface area contributed by atoms with Crippen molar-refractivity contribution in [2.45, 2.75) is 20.0 Å². The number of nitro benzene ring substituents is 1. The molecule has 0 aliphatic heterocycles. The van der Waals surface area contributed by atoms with E-state index in [-0.39, 0.29) is 11.6 Å². The van der Waals surface area contributed by atoms with Gasteiger partial charge >= 0.3 is 0 Å². The summed E-state index contributed by atoms with van der Waals surface area (Å²) in [4.78, 5) is 21.7. The van der Waals surface area contributed by atoms with Crippen LogP contribution in [0, 0.1) is 17.0 Å². The highest BCUT2D eigenvalue weighted by atomic mass is 16.6. The van der Waals surface area contributed by atoms with Crippen molar-refractivity contribution in [3.8, 4) is 0 Å². The fourth-order valence-corrected chi connectivity index (χ4v) is 1.20. The van der Waals surface area contributed by atoms with E-state index in [4.69, 9.17) is 4.74 Å². The van der Waals surface area contributed by atoms with Crippen molar-refractivity contribution in [2.75, 3.05) is 12.4 Å². The highest BCUT2D eigenvalue weighted by Crippen LogP contribution is 2.21. The summed E-state index contributed by atoms with van der Waals surface area (Å²) in [5, 5.41) is 13.2. The fraction of sp³-hybridized carbons (Fsp3) is 0.364. The lowest BCUT2D eigenvalue weighted by molar-refractivity contribution is -0.384. The van der Waals surface area contributed by atoms with Gasteiger partial charge in [-0.05, 0) is 19.4 Å². The van der Waals surface area contributed by atoms with Gasteiger partial charge in [0.2, 0.25) is 0 Å². The third-order valence-electron chi connectivity index (χ3n) is 2.41. The predicted octanol–water partition coefficient (Wildman–Crippen LogP) is 1.88. The third kappa shape index (κ3) is 3.25. The second kappa shape index (κ2) is 5.40. The Kier molecular flexibility index (Phi) is 4.17. The fourth-order valence-electron chi connectivity index (χ4n) is 1.20. The molecular weight excluding hydrogens is 224 g/mol. The smallest absolute Gasteiger partial charge is 0.271 e. The average molecular weight is 238 g/mol. The van der Waals surface area contributed by atoms with Crippen LogP contribution in [0.15, 0.2) is 18.2 Å². The van der Waals surface area contributed by atoms with Gasteiger partial charge < -0.3 is 10.1 Å². The number of anilines is 1. The number of hydrogen-bond donors (Lipinski definition) is 1. The molecule has 1 rings (SSSR count). The molecule has 0 fully saturated rings. The van der Waals surface area contributed by atoms with Gasteiger partial charge in [-0.1, -0.05) is 6.07 Å². The number of nitrogens with zero attached hydrogens (tertiary/aromatic N) is 1. The van der Waals surface area contributed by atoms with Crippen LogP contribution in [0.3, 0.4) is 0 Å². The molecule has 0 aliphatic carbocycles. The second-order valence-electron chi connectivity index (χ2n) is 3.62. The van der Waals surface area contributed by atoms with Crippen molar-refractivity contribution in [1.82, 2.24) is 0 Å². The van der Waals surface area contributed by atoms with Gasteiger partial charge in [-0.3, -0.25) is 14.9 Å². The van der Waals surface area contributed by atoms with E-state index in [0.29, 0.717) is 5.69 Å². The van der Waals surface area contributed by atoms with Crippen LogP contribution in [0.1, 0.15) is 12.5 Å². The summed E-state index contributed by atoms with van der Waals surface area (Å²) >= 11 is 0. The summed E-state index contributed by atoms with van der Waals surface area (Å²) in [5.41, 5.74) is 1.12. The second-order valence-corrected chi connectivity index (χ2v) is 3.62. The first-order chi connectivity index (χ1) is 7.95. The Morgan fingerprint density at radius 1 is 1.53 bits per heavy atom. The molecule has 6 nitrogen and oxygen atoms in total. The Balaban J connectivity index is 2.94. The Morgan fingerprint density at radius 3 is 2.71 bits per heavy atom. The lowest BCUT2D eigenvalue weighted by Gasteiger charge is -2.12. The van der Waals surface area contributed by atoms with Gasteiger partial charge in [0.15, 0.2) is 0 Å². The average Bonchev–Trinajstić information content (AvgIpc) is 2.30. The minimum atomic E-state index is -0.603. The maximum Gasteiger partial charge on any atom is 0.271 e. The van der Waals surface area contributed by atoms with E-state index in [1.165, 1.54) is 19.2 Å². The van der Waals surface area contributed by atoms with Crippen molar-refractivity contribution in [3.63, 3.8) is 0 Å². The standard InChI is InChI=1S/C11H14N2O4/c1-7-4-5-9(13(15)16)6-10(7)12-11(14)8(2)17-3/h4-6,8H,1-3H3,(H,12,14). The zero-order valence-electron chi connectivity index (χ0n) is 9.89. The van der Waals surface area contributed by atoms with E-state index in [9.17, 15) is 14.9 Å². The largest absolute Gasteiger partial charge is 0.372 e. The lowest BCUT2D eigenvalue weighted by atomic mass is 10.1. The van der Waals surface area contributed by atoms with E-state index in [2.05, 4.69) is 5.32 Å². The summed E-state index contributed by atoms with van der Waals surface area (Å²) in [6.07, 6.45) is -0.603. The van der Waals surface area contributed by atoms with Crippen molar-refractivity contribution < 1.29 is 14.5 Å². The molecule has 0 spiro atoms. The van der Waals surface area contributed by atoms with Crippen molar-refractivity contribution in [3.05, 3.63) is 33.9 Å². The summed E-state index contributed by atoms with van der Waals surface area (Å²) in [5.74, 6) is -0.337. The minimum absolute atomic E-state index is 0.0593. The number of carbonyl (C=O) groups excluding carboxylic acids is 1. The van der Waals surface area contributed by atoms with Gasteiger partial charge in [0, 0.05) is 19.2 Å². The number of non-ortho nitro benzene ring substituents is 1. The lowest BCUT2D eigenvalue weighted by Crippen LogP contribution is -2.26. The first-order valence-electron chi connectivity index (χ1n) is 5.04. The number of rotatable bonds is 4. The molecule has 0 bridgehead atoms. The Morgan fingerprint density at radius 2 is 2.18 bits per heavy atom. The highest BCUT2D eigenvalue weighted by Gasteiger charge is 2.15. The first kappa shape index (κ1) is 13.1. The molecule has 92 valence electrons. The summed E-state index contributed by atoms with van der Waals surface area (Å²) < 4.78 is 4.86. The molecule has 1 aromatic carbocycles. The summed E-state index contributed by atoms with van der Waals surface area (Å²) in [6.45, 7) is 3.36. The molecule has 1 unspecified atom stereocenters. The zero-order chi connectivity index (χ0) is 13.0. The van der Waals surface area contributed by atoms with Crippen LogP contribution in [-0.4, -0.2) is 24.0 Å². The first-order valence-corrected chi connectivity index (χ1v) is 5.04. The van der Waals surface area contributed by atoms with Gasteiger partial charge in [0.05, 0.1) is 10.6 Å². The number of methoxy groups -OCH3 is 1. The quantitative estimate of drug-likeness (QED) is 0.641. The van der Waals surface area contributed by atoms with E-state index in [1.54, 1.807) is 19.9 Å². The molecule has 1 amide bonds. The molecule has 0 aromatic heterocycles. The summed E-state index contributed by atoms with van der Waals surface area (Å²) in [7, 11) is 1.42. The van der Waals surface area contributed by atoms with Crippen LogP contribution in [0.2, 0.25) is 0 Å². The van der Waals surface area contributed by atoms with Gasteiger partial charge in [-0.2, -0.15) is 0 Å². The molecule has 0 saturated carbocycles. The zero-order valence-corrected chi connectivity index (χ0v) is 9.89. The van der Waals surface area contributed by atoms with Crippen LogP contribution >= 0.6 is 0 Å². The molecule has 0 aliphatic rings. The van der Waals surface area contributed by atoms with Crippen molar-refractivity contribution >= 4 is 17.3 Å². The number of hydrogen-bond acceptors (Lipinski definition) is 4. The minimum Gasteiger partial charge on any atom is -0.372 e. The number of nitro groups is 1. The van der Waals surface area contributed by atoms with Gasteiger partial charge in [0.25, 0.3) is 11.6 Å². The molecule has 0 heterocycles. The Hall–Kier alpha value is -1.95. The number of aryl methyl sites for hydroxylation is 1. The van der Waals surface area contributed by atoms with E-state index < -0.39 is 11.0 Å². The maximum atomic E-state index is 11.6.